The van der Waals surface area contributed by atoms with E-state index in [4.69, 9.17) is 0 Å². The van der Waals surface area contributed by atoms with Gasteiger partial charge in [-0.25, -0.2) is 0 Å². The minimum absolute atomic E-state index is 0.0729. The molecule has 3 aliphatic heterocycles. The molecule has 3 heterocycles. The van der Waals surface area contributed by atoms with Gasteiger partial charge in [0.25, 0.3) is 0 Å². The Morgan fingerprint density at radius 3 is 1.16 bits per heavy atom. The molecular formula is C30H26N2. The van der Waals surface area contributed by atoms with Crippen molar-refractivity contribution in [2.75, 3.05) is 9.80 Å². The second kappa shape index (κ2) is 5.63. The number of hydrogen-bond acceptors (Lipinski definition) is 2. The Bertz CT molecular complexity index is 1330. The van der Waals surface area contributed by atoms with E-state index in [9.17, 15) is 0 Å². The van der Waals surface area contributed by atoms with Gasteiger partial charge in [-0.3, -0.25) is 0 Å². The number of fused-ring (bicyclic) bond motifs is 7. The lowest BCUT2D eigenvalue weighted by atomic mass is 9.68. The van der Waals surface area contributed by atoms with Crippen LogP contribution in [0.1, 0.15) is 49.9 Å². The predicted octanol–water partition coefficient (Wildman–Crippen LogP) is 8.22. The molecule has 0 aromatic heterocycles. The first-order chi connectivity index (χ1) is 15.4. The third-order valence-corrected chi connectivity index (χ3v) is 7.95. The summed E-state index contributed by atoms with van der Waals surface area (Å²) < 4.78 is 0. The van der Waals surface area contributed by atoms with E-state index in [1.54, 1.807) is 0 Å². The number of anilines is 6. The standard InChI is InChI=1S/C30H26N2/c1-29(2)19-11-5-7-13-23(19)31-25-15-9-10-16-26(25)32-24-14-8-6-12-20(24)30(3,4)22-18-17-21(29)27(31)28(22)32/h5-18H,1-4H3. The average Bonchev–Trinajstić information content (AvgIpc) is 2.80. The second-order valence-electron chi connectivity index (χ2n) is 10.3. The lowest BCUT2D eigenvalue weighted by Gasteiger charge is -2.52. The van der Waals surface area contributed by atoms with Gasteiger partial charge in [-0.05, 0) is 46.5 Å². The van der Waals surface area contributed by atoms with Crippen molar-refractivity contribution in [3.63, 3.8) is 0 Å². The first kappa shape index (κ1) is 18.1. The van der Waals surface area contributed by atoms with Gasteiger partial charge in [0.15, 0.2) is 0 Å². The summed E-state index contributed by atoms with van der Waals surface area (Å²) in [7, 11) is 0. The number of hydrogen-bond donors (Lipinski definition) is 0. The van der Waals surface area contributed by atoms with E-state index in [1.165, 1.54) is 56.4 Å². The number of para-hydroxylation sites is 4. The van der Waals surface area contributed by atoms with Crippen LogP contribution >= 0.6 is 0 Å². The Morgan fingerprint density at radius 1 is 0.406 bits per heavy atom. The van der Waals surface area contributed by atoms with Crippen molar-refractivity contribution >= 4 is 34.1 Å². The fourth-order valence-corrected chi connectivity index (χ4v) is 6.31. The lowest BCUT2D eigenvalue weighted by molar-refractivity contribution is 0.613. The Hall–Kier alpha value is -3.52. The summed E-state index contributed by atoms with van der Waals surface area (Å²) in [5.74, 6) is 0. The van der Waals surface area contributed by atoms with Gasteiger partial charge in [-0.2, -0.15) is 0 Å². The highest BCUT2D eigenvalue weighted by Gasteiger charge is 2.47. The molecule has 0 N–H and O–H groups in total. The maximum Gasteiger partial charge on any atom is 0.0747 e. The van der Waals surface area contributed by atoms with Crippen LogP contribution in [-0.2, 0) is 10.8 Å². The Morgan fingerprint density at radius 2 is 0.750 bits per heavy atom. The summed E-state index contributed by atoms with van der Waals surface area (Å²) in [5, 5.41) is 0. The monoisotopic (exact) mass is 414 g/mol. The molecule has 2 nitrogen and oxygen atoms in total. The number of rotatable bonds is 0. The topological polar surface area (TPSA) is 6.48 Å². The van der Waals surface area contributed by atoms with Gasteiger partial charge in [-0.1, -0.05) is 88.4 Å². The first-order valence-corrected chi connectivity index (χ1v) is 11.5. The van der Waals surface area contributed by atoms with Crippen LogP contribution in [0.15, 0.2) is 84.9 Å². The van der Waals surface area contributed by atoms with Crippen molar-refractivity contribution in [1.29, 1.82) is 0 Å². The molecule has 2 heteroatoms. The normalized spacial score (nSPS) is 17.8. The molecule has 0 fully saturated rings. The minimum Gasteiger partial charge on any atom is -0.306 e. The molecular weight excluding hydrogens is 388 g/mol. The summed E-state index contributed by atoms with van der Waals surface area (Å²) in [5.41, 5.74) is 13.2. The summed E-state index contributed by atoms with van der Waals surface area (Å²) in [6.07, 6.45) is 0. The quantitative estimate of drug-likeness (QED) is 0.252. The Kier molecular flexibility index (Phi) is 3.19. The number of benzene rings is 4. The third-order valence-electron chi connectivity index (χ3n) is 7.95. The molecule has 0 bridgehead atoms. The zero-order chi connectivity index (χ0) is 21.8. The van der Waals surface area contributed by atoms with Crippen LogP contribution in [-0.4, -0.2) is 0 Å². The first-order valence-electron chi connectivity index (χ1n) is 11.5. The number of nitrogens with zero attached hydrogens (tertiary/aromatic N) is 2. The van der Waals surface area contributed by atoms with Crippen LogP contribution in [0.5, 0.6) is 0 Å². The highest BCUT2D eigenvalue weighted by molar-refractivity contribution is 6.07. The van der Waals surface area contributed by atoms with Crippen LogP contribution in [0.2, 0.25) is 0 Å². The van der Waals surface area contributed by atoms with Crippen LogP contribution in [0.25, 0.3) is 0 Å². The lowest BCUT2D eigenvalue weighted by Crippen LogP contribution is -2.39. The summed E-state index contributed by atoms with van der Waals surface area (Å²) in [6, 6.07) is 31.5. The molecule has 0 saturated heterocycles. The Balaban J connectivity index is 1.69. The molecule has 0 unspecified atom stereocenters. The van der Waals surface area contributed by atoms with Crippen molar-refractivity contribution in [2.45, 2.75) is 38.5 Å². The fraction of sp³-hybridized carbons (Fsp3) is 0.200. The van der Waals surface area contributed by atoms with Gasteiger partial charge in [-0.15, -0.1) is 0 Å². The maximum atomic E-state index is 2.52. The molecule has 7 rings (SSSR count). The van der Waals surface area contributed by atoms with Gasteiger partial charge in [0.2, 0.25) is 0 Å². The van der Waals surface area contributed by atoms with Gasteiger partial charge < -0.3 is 9.80 Å². The summed E-state index contributed by atoms with van der Waals surface area (Å²) >= 11 is 0. The van der Waals surface area contributed by atoms with Gasteiger partial charge in [0, 0.05) is 10.8 Å². The molecule has 156 valence electrons. The highest BCUT2D eigenvalue weighted by atomic mass is 15.3. The molecule has 4 aromatic rings. The zero-order valence-corrected chi connectivity index (χ0v) is 19.0. The average molecular weight is 415 g/mol. The van der Waals surface area contributed by atoms with Crippen LogP contribution in [0, 0.1) is 0 Å². The molecule has 3 aliphatic rings. The van der Waals surface area contributed by atoms with E-state index in [0.29, 0.717) is 0 Å². The van der Waals surface area contributed by atoms with E-state index < -0.39 is 0 Å². The van der Waals surface area contributed by atoms with E-state index in [2.05, 4.69) is 122 Å². The maximum absolute atomic E-state index is 2.52. The van der Waals surface area contributed by atoms with Crippen LogP contribution in [0.4, 0.5) is 34.1 Å². The van der Waals surface area contributed by atoms with Crippen LogP contribution in [0.3, 0.4) is 0 Å². The zero-order valence-electron chi connectivity index (χ0n) is 19.0. The Labute approximate surface area is 189 Å². The van der Waals surface area contributed by atoms with E-state index in [-0.39, 0.29) is 10.8 Å². The van der Waals surface area contributed by atoms with Gasteiger partial charge >= 0.3 is 0 Å². The van der Waals surface area contributed by atoms with Gasteiger partial charge in [0.1, 0.15) is 0 Å². The summed E-state index contributed by atoms with van der Waals surface area (Å²) in [4.78, 5) is 5.04. The van der Waals surface area contributed by atoms with E-state index in [1.807, 2.05) is 0 Å². The van der Waals surface area contributed by atoms with Crippen molar-refractivity contribution in [2.24, 2.45) is 0 Å². The van der Waals surface area contributed by atoms with Gasteiger partial charge in [0.05, 0.1) is 34.1 Å². The minimum atomic E-state index is -0.0729. The molecule has 32 heavy (non-hydrogen) atoms. The predicted molar refractivity (Wildman–Crippen MR) is 134 cm³/mol. The smallest absolute Gasteiger partial charge is 0.0747 e. The van der Waals surface area contributed by atoms with Crippen molar-refractivity contribution in [1.82, 2.24) is 0 Å². The fourth-order valence-electron chi connectivity index (χ4n) is 6.31. The van der Waals surface area contributed by atoms with E-state index >= 15 is 0 Å². The van der Waals surface area contributed by atoms with Crippen molar-refractivity contribution < 1.29 is 0 Å². The molecule has 4 aromatic carbocycles. The van der Waals surface area contributed by atoms with Crippen molar-refractivity contribution in [3.05, 3.63) is 107 Å². The van der Waals surface area contributed by atoms with E-state index in [0.717, 1.165) is 0 Å². The summed E-state index contributed by atoms with van der Waals surface area (Å²) in [6.45, 7) is 9.48. The molecule has 0 amide bonds. The largest absolute Gasteiger partial charge is 0.306 e. The third kappa shape index (κ3) is 1.93. The molecule has 0 atom stereocenters. The molecule has 0 radical (unpaired) electrons. The highest BCUT2D eigenvalue weighted by Crippen LogP contribution is 2.65. The molecule has 0 aliphatic carbocycles. The second-order valence-corrected chi connectivity index (χ2v) is 10.3. The SMILES string of the molecule is CC1(C)c2ccccc2N2c3ccccc3N3c4ccccc4C(C)(C)c4ccc1c2c43. The molecule has 0 spiro atoms. The van der Waals surface area contributed by atoms with Crippen LogP contribution < -0.4 is 9.80 Å². The molecule has 0 saturated carbocycles. The van der Waals surface area contributed by atoms with Crippen molar-refractivity contribution in [3.8, 4) is 0 Å².